The third kappa shape index (κ3) is 1.75. The first-order valence-corrected chi connectivity index (χ1v) is 6.06. The number of nitrogens with zero attached hydrogens (tertiary/aromatic N) is 2. The van der Waals surface area contributed by atoms with Crippen LogP contribution in [0.15, 0.2) is 10.7 Å². The number of carbonyl (C=O) groups is 1. The van der Waals surface area contributed by atoms with E-state index in [4.69, 9.17) is 0 Å². The van der Waals surface area contributed by atoms with Crippen molar-refractivity contribution in [3.63, 3.8) is 0 Å². The smallest absolute Gasteiger partial charge is 0.187 e. The fraction of sp³-hybridized carbons (Fsp3) is 0.636. The van der Waals surface area contributed by atoms with Gasteiger partial charge < -0.3 is 0 Å². The van der Waals surface area contributed by atoms with Crippen LogP contribution in [-0.4, -0.2) is 15.6 Å². The zero-order chi connectivity index (χ0) is 11.1. The van der Waals surface area contributed by atoms with Gasteiger partial charge in [0.2, 0.25) is 0 Å². The zero-order valence-corrected chi connectivity index (χ0v) is 10.7. The standard InChI is InChI=1S/C11H15BrN2O/c1-11(5-3-4-6-11)10(15)9-8(12)7-13-14(9)2/h7H,3-6H2,1-2H3. The lowest BCUT2D eigenvalue weighted by Crippen LogP contribution is -2.26. The number of aromatic nitrogens is 2. The van der Waals surface area contributed by atoms with E-state index < -0.39 is 0 Å². The van der Waals surface area contributed by atoms with Crippen molar-refractivity contribution in [2.24, 2.45) is 12.5 Å². The second-order valence-electron chi connectivity index (χ2n) is 4.56. The van der Waals surface area contributed by atoms with Gasteiger partial charge in [0, 0.05) is 12.5 Å². The quantitative estimate of drug-likeness (QED) is 0.775. The van der Waals surface area contributed by atoms with E-state index in [2.05, 4.69) is 28.0 Å². The highest BCUT2D eigenvalue weighted by atomic mass is 79.9. The Morgan fingerprint density at radius 3 is 2.60 bits per heavy atom. The average molecular weight is 271 g/mol. The molecule has 82 valence electrons. The molecule has 1 heterocycles. The van der Waals surface area contributed by atoms with E-state index in [9.17, 15) is 4.79 Å². The van der Waals surface area contributed by atoms with Crippen molar-refractivity contribution >= 4 is 21.7 Å². The molecule has 0 unspecified atom stereocenters. The Kier molecular flexibility index (Phi) is 2.71. The number of halogens is 1. The van der Waals surface area contributed by atoms with E-state index in [0.29, 0.717) is 5.69 Å². The SMILES string of the molecule is Cn1ncc(Br)c1C(=O)C1(C)CCCC1. The molecule has 0 N–H and O–H groups in total. The second-order valence-corrected chi connectivity index (χ2v) is 5.42. The molecule has 1 aromatic rings. The molecule has 2 rings (SSSR count). The number of hydrogen-bond acceptors (Lipinski definition) is 2. The first-order chi connectivity index (χ1) is 7.04. The highest BCUT2D eigenvalue weighted by molar-refractivity contribution is 9.10. The summed E-state index contributed by atoms with van der Waals surface area (Å²) < 4.78 is 2.47. The highest BCUT2D eigenvalue weighted by Crippen LogP contribution is 2.41. The van der Waals surface area contributed by atoms with E-state index in [0.717, 1.165) is 30.2 Å². The number of rotatable bonds is 2. The summed E-state index contributed by atoms with van der Waals surface area (Å²) in [5, 5.41) is 4.09. The van der Waals surface area contributed by atoms with E-state index >= 15 is 0 Å². The van der Waals surface area contributed by atoms with Crippen molar-refractivity contribution in [1.82, 2.24) is 9.78 Å². The first-order valence-electron chi connectivity index (χ1n) is 5.27. The lowest BCUT2D eigenvalue weighted by molar-refractivity contribution is 0.0812. The van der Waals surface area contributed by atoms with Gasteiger partial charge in [-0.1, -0.05) is 19.8 Å². The molecule has 1 aliphatic carbocycles. The summed E-state index contributed by atoms with van der Waals surface area (Å²) in [5.74, 6) is 0.229. The summed E-state index contributed by atoms with van der Waals surface area (Å²) in [5.41, 5.74) is 0.537. The van der Waals surface area contributed by atoms with Crippen molar-refractivity contribution in [1.29, 1.82) is 0 Å². The van der Waals surface area contributed by atoms with Gasteiger partial charge >= 0.3 is 0 Å². The third-order valence-electron chi connectivity index (χ3n) is 3.36. The molecule has 0 amide bonds. The van der Waals surface area contributed by atoms with Gasteiger partial charge in [0.1, 0.15) is 5.69 Å². The van der Waals surface area contributed by atoms with Crippen LogP contribution < -0.4 is 0 Å². The summed E-state index contributed by atoms with van der Waals surface area (Å²) in [6.45, 7) is 2.07. The van der Waals surface area contributed by atoms with E-state index in [1.807, 2.05) is 7.05 Å². The molecule has 0 saturated heterocycles. The fourth-order valence-corrected chi connectivity index (χ4v) is 2.86. The van der Waals surface area contributed by atoms with Gasteiger partial charge in [-0.25, -0.2) is 0 Å². The first kappa shape index (κ1) is 10.9. The molecule has 0 aliphatic heterocycles. The summed E-state index contributed by atoms with van der Waals surface area (Å²) >= 11 is 3.38. The molecular weight excluding hydrogens is 256 g/mol. The monoisotopic (exact) mass is 270 g/mol. The van der Waals surface area contributed by atoms with Crippen molar-refractivity contribution in [2.75, 3.05) is 0 Å². The van der Waals surface area contributed by atoms with Crippen LogP contribution in [0, 0.1) is 5.41 Å². The molecule has 0 atom stereocenters. The fourth-order valence-electron chi connectivity index (χ4n) is 2.33. The van der Waals surface area contributed by atoms with Gasteiger partial charge in [0.15, 0.2) is 5.78 Å². The normalized spacial score (nSPS) is 19.4. The summed E-state index contributed by atoms with van der Waals surface area (Å²) in [7, 11) is 1.82. The van der Waals surface area contributed by atoms with E-state index in [1.54, 1.807) is 10.9 Å². The molecule has 3 nitrogen and oxygen atoms in total. The molecule has 1 fully saturated rings. The predicted molar refractivity (Wildman–Crippen MR) is 61.8 cm³/mol. The number of aryl methyl sites for hydroxylation is 1. The zero-order valence-electron chi connectivity index (χ0n) is 9.09. The van der Waals surface area contributed by atoms with Crippen LogP contribution in [0.4, 0.5) is 0 Å². The minimum Gasteiger partial charge on any atom is -0.292 e. The molecule has 0 bridgehead atoms. The number of carbonyl (C=O) groups excluding carboxylic acids is 1. The molecule has 1 aromatic heterocycles. The maximum Gasteiger partial charge on any atom is 0.187 e. The van der Waals surface area contributed by atoms with Crippen LogP contribution in [-0.2, 0) is 7.05 Å². The van der Waals surface area contributed by atoms with Crippen molar-refractivity contribution in [2.45, 2.75) is 32.6 Å². The summed E-state index contributed by atoms with van der Waals surface area (Å²) in [6.07, 6.45) is 6.02. The van der Waals surface area contributed by atoms with Crippen LogP contribution in [0.25, 0.3) is 0 Å². The van der Waals surface area contributed by atoms with Crippen molar-refractivity contribution < 1.29 is 4.79 Å². The highest BCUT2D eigenvalue weighted by Gasteiger charge is 2.38. The Labute approximate surface area is 98.0 Å². The van der Waals surface area contributed by atoms with Crippen LogP contribution in [0.2, 0.25) is 0 Å². The van der Waals surface area contributed by atoms with E-state index in [1.165, 1.54) is 0 Å². The molecule has 1 aliphatic rings. The van der Waals surface area contributed by atoms with Gasteiger partial charge in [-0.05, 0) is 28.8 Å². The summed E-state index contributed by atoms with van der Waals surface area (Å²) in [6, 6.07) is 0. The number of ketones is 1. The van der Waals surface area contributed by atoms with Gasteiger partial charge in [0.25, 0.3) is 0 Å². The molecule has 0 radical (unpaired) electrons. The minimum absolute atomic E-state index is 0.170. The van der Waals surface area contributed by atoms with Crippen LogP contribution in [0.3, 0.4) is 0 Å². The Hall–Kier alpha value is -0.640. The largest absolute Gasteiger partial charge is 0.292 e. The van der Waals surface area contributed by atoms with Crippen LogP contribution >= 0.6 is 15.9 Å². The maximum absolute atomic E-state index is 12.4. The second kappa shape index (κ2) is 3.74. The topological polar surface area (TPSA) is 34.9 Å². The number of hydrogen-bond donors (Lipinski definition) is 0. The van der Waals surface area contributed by atoms with Crippen molar-refractivity contribution in [3.05, 3.63) is 16.4 Å². The van der Waals surface area contributed by atoms with Gasteiger partial charge in [0.05, 0.1) is 10.7 Å². The van der Waals surface area contributed by atoms with Crippen LogP contribution in [0.5, 0.6) is 0 Å². The average Bonchev–Trinajstić information content (AvgIpc) is 2.75. The van der Waals surface area contributed by atoms with Gasteiger partial charge in [-0.2, -0.15) is 5.10 Å². The maximum atomic E-state index is 12.4. The predicted octanol–water partition coefficient (Wildman–Crippen LogP) is 2.95. The molecule has 0 spiro atoms. The molecule has 15 heavy (non-hydrogen) atoms. The lowest BCUT2D eigenvalue weighted by atomic mass is 9.82. The van der Waals surface area contributed by atoms with E-state index in [-0.39, 0.29) is 11.2 Å². The Balaban J connectivity index is 2.35. The van der Waals surface area contributed by atoms with Gasteiger partial charge in [-0.15, -0.1) is 0 Å². The lowest BCUT2D eigenvalue weighted by Gasteiger charge is -2.21. The minimum atomic E-state index is -0.170. The van der Waals surface area contributed by atoms with Crippen LogP contribution in [0.1, 0.15) is 43.1 Å². The third-order valence-corrected chi connectivity index (χ3v) is 3.94. The Morgan fingerprint density at radius 2 is 2.13 bits per heavy atom. The molecule has 4 heteroatoms. The molecule has 1 saturated carbocycles. The van der Waals surface area contributed by atoms with Gasteiger partial charge in [-0.3, -0.25) is 9.48 Å². The summed E-state index contributed by atoms with van der Waals surface area (Å²) in [4.78, 5) is 12.4. The molecular formula is C11H15BrN2O. The number of Topliss-reactive ketones (excluding diaryl/α,β-unsaturated/α-hetero) is 1. The van der Waals surface area contributed by atoms with Crippen molar-refractivity contribution in [3.8, 4) is 0 Å². The Morgan fingerprint density at radius 1 is 1.53 bits per heavy atom. The molecule has 0 aromatic carbocycles. The Bertz CT molecular complexity index is 372.